The van der Waals surface area contributed by atoms with Gasteiger partial charge in [0.25, 0.3) is 5.56 Å². The van der Waals surface area contributed by atoms with Crippen LogP contribution in [0.2, 0.25) is 0 Å². The summed E-state index contributed by atoms with van der Waals surface area (Å²) < 4.78 is 13.2. The molecule has 1 N–H and O–H groups in total. The van der Waals surface area contributed by atoms with Gasteiger partial charge in [0.2, 0.25) is 5.91 Å². The van der Waals surface area contributed by atoms with E-state index in [9.17, 15) is 9.59 Å². The first-order chi connectivity index (χ1) is 15.1. The van der Waals surface area contributed by atoms with Crippen LogP contribution in [0.4, 0.5) is 5.82 Å². The molecule has 1 atom stereocenters. The molecule has 2 aromatic heterocycles. The highest BCUT2D eigenvalue weighted by atomic mass is 32.1. The number of nitrogens with one attached hydrogen (secondary N) is 1. The number of fused-ring (bicyclic) bond motifs is 3. The second kappa shape index (κ2) is 7.88. The lowest BCUT2D eigenvalue weighted by molar-refractivity contribution is -0.116. The summed E-state index contributed by atoms with van der Waals surface area (Å²) in [5.74, 6) is 1.06. The Hall–Kier alpha value is -3.65. The lowest BCUT2D eigenvalue weighted by Gasteiger charge is -2.26. The van der Waals surface area contributed by atoms with Crippen molar-refractivity contribution in [1.29, 1.82) is 0 Å². The maximum atomic E-state index is 12.8. The second-order valence-electron chi connectivity index (χ2n) is 7.22. The van der Waals surface area contributed by atoms with Crippen LogP contribution in [0.1, 0.15) is 29.0 Å². The predicted molar refractivity (Wildman–Crippen MR) is 118 cm³/mol. The molecule has 0 saturated carbocycles. The Morgan fingerprint density at radius 3 is 2.81 bits per heavy atom. The van der Waals surface area contributed by atoms with Crippen LogP contribution in [0.15, 0.2) is 64.9 Å². The van der Waals surface area contributed by atoms with E-state index >= 15 is 0 Å². The molecule has 1 aliphatic heterocycles. The quantitative estimate of drug-likeness (QED) is 0.518. The number of rotatable bonds is 5. The van der Waals surface area contributed by atoms with E-state index in [4.69, 9.17) is 9.47 Å². The number of methoxy groups -OCH3 is 1. The number of aromatic nitrogens is 2. The summed E-state index contributed by atoms with van der Waals surface area (Å²) in [6, 6.07) is 15.4. The van der Waals surface area contributed by atoms with E-state index in [2.05, 4.69) is 10.3 Å². The van der Waals surface area contributed by atoms with Crippen LogP contribution in [0.5, 0.6) is 11.5 Å². The SMILES string of the molecule is COc1cc([C@H]2CC(=O)Nc3c2c(=O)nc2sccn32)ccc1OCc1ccccc1. The number of hydrogen-bond acceptors (Lipinski definition) is 6. The fraction of sp³-hybridized carbons (Fsp3) is 0.174. The van der Waals surface area contributed by atoms with Gasteiger partial charge in [0.05, 0.1) is 12.7 Å². The average Bonchev–Trinajstić information content (AvgIpc) is 3.26. The molecular weight excluding hydrogens is 414 g/mol. The van der Waals surface area contributed by atoms with Gasteiger partial charge in [-0.2, -0.15) is 4.98 Å². The molecule has 0 bridgehead atoms. The summed E-state index contributed by atoms with van der Waals surface area (Å²) >= 11 is 1.35. The molecule has 5 rings (SSSR count). The Balaban J connectivity index is 1.52. The van der Waals surface area contributed by atoms with Crippen LogP contribution in [-0.2, 0) is 11.4 Å². The van der Waals surface area contributed by atoms with Gasteiger partial charge in [-0.15, -0.1) is 11.3 Å². The Labute approximate surface area is 181 Å². The fourth-order valence-electron chi connectivity index (χ4n) is 3.85. The van der Waals surface area contributed by atoms with E-state index in [1.807, 2.05) is 53.9 Å². The van der Waals surface area contributed by atoms with E-state index in [0.717, 1.165) is 11.1 Å². The van der Waals surface area contributed by atoms with Gasteiger partial charge in [0, 0.05) is 23.9 Å². The monoisotopic (exact) mass is 433 g/mol. The maximum Gasteiger partial charge on any atom is 0.279 e. The molecule has 7 nitrogen and oxygen atoms in total. The smallest absolute Gasteiger partial charge is 0.279 e. The third kappa shape index (κ3) is 3.55. The highest BCUT2D eigenvalue weighted by molar-refractivity contribution is 7.15. The molecule has 0 radical (unpaired) electrons. The molecular formula is C23H19N3O4S. The Kier molecular flexibility index (Phi) is 4.91. The number of nitrogens with zero attached hydrogens (tertiary/aromatic N) is 2. The van der Waals surface area contributed by atoms with Crippen molar-refractivity contribution >= 4 is 28.0 Å². The first-order valence-electron chi connectivity index (χ1n) is 9.78. The summed E-state index contributed by atoms with van der Waals surface area (Å²) in [6.07, 6.45) is 1.96. The maximum absolute atomic E-state index is 12.8. The summed E-state index contributed by atoms with van der Waals surface area (Å²) in [5.41, 5.74) is 2.00. The number of amides is 1. The number of carbonyl (C=O) groups excluding carboxylic acids is 1. The number of ether oxygens (including phenoxy) is 2. The Bertz CT molecular complexity index is 1330. The third-order valence-corrected chi connectivity index (χ3v) is 6.09. The summed E-state index contributed by atoms with van der Waals surface area (Å²) in [4.78, 5) is 30.0. The summed E-state index contributed by atoms with van der Waals surface area (Å²) in [7, 11) is 1.57. The van der Waals surface area contributed by atoms with Crippen LogP contribution in [0, 0.1) is 0 Å². The first-order valence-corrected chi connectivity index (χ1v) is 10.7. The molecule has 1 amide bonds. The van der Waals surface area contributed by atoms with Crippen molar-refractivity contribution in [2.24, 2.45) is 0 Å². The molecule has 156 valence electrons. The summed E-state index contributed by atoms with van der Waals surface area (Å²) in [5, 5.41) is 4.68. The largest absolute Gasteiger partial charge is 0.493 e. The molecule has 2 aromatic carbocycles. The van der Waals surface area contributed by atoms with Crippen molar-refractivity contribution in [1.82, 2.24) is 9.38 Å². The van der Waals surface area contributed by atoms with Crippen molar-refractivity contribution in [3.05, 3.63) is 87.2 Å². The van der Waals surface area contributed by atoms with E-state index < -0.39 is 5.92 Å². The van der Waals surface area contributed by atoms with Crippen LogP contribution < -0.4 is 20.3 Å². The lowest BCUT2D eigenvalue weighted by atomic mass is 9.86. The van der Waals surface area contributed by atoms with Gasteiger partial charge in [-0.3, -0.25) is 14.0 Å². The van der Waals surface area contributed by atoms with E-state index in [1.54, 1.807) is 17.7 Å². The summed E-state index contributed by atoms with van der Waals surface area (Å²) in [6.45, 7) is 0.409. The topological polar surface area (TPSA) is 81.9 Å². The minimum atomic E-state index is -0.419. The van der Waals surface area contributed by atoms with Gasteiger partial charge in [0.15, 0.2) is 16.5 Å². The highest BCUT2D eigenvalue weighted by Gasteiger charge is 2.32. The van der Waals surface area contributed by atoms with Gasteiger partial charge in [0.1, 0.15) is 12.4 Å². The van der Waals surface area contributed by atoms with Crippen LogP contribution in [-0.4, -0.2) is 22.4 Å². The first kappa shape index (κ1) is 19.3. The number of thiazole rings is 1. The van der Waals surface area contributed by atoms with Crippen molar-refractivity contribution in [3.8, 4) is 11.5 Å². The normalized spacial score (nSPS) is 15.4. The van der Waals surface area contributed by atoms with E-state index in [-0.39, 0.29) is 17.9 Å². The minimum Gasteiger partial charge on any atom is -0.493 e. The zero-order chi connectivity index (χ0) is 21.4. The third-order valence-electron chi connectivity index (χ3n) is 5.34. The molecule has 4 aromatic rings. The van der Waals surface area contributed by atoms with Gasteiger partial charge < -0.3 is 14.8 Å². The lowest BCUT2D eigenvalue weighted by Crippen LogP contribution is -2.31. The van der Waals surface area contributed by atoms with Gasteiger partial charge in [-0.25, -0.2) is 0 Å². The Morgan fingerprint density at radius 1 is 1.16 bits per heavy atom. The predicted octanol–water partition coefficient (Wildman–Crippen LogP) is 3.82. The second-order valence-corrected chi connectivity index (χ2v) is 8.10. The van der Waals surface area contributed by atoms with Gasteiger partial charge >= 0.3 is 0 Å². The number of carbonyl (C=O) groups is 1. The van der Waals surface area contributed by atoms with E-state index in [1.165, 1.54) is 11.3 Å². The van der Waals surface area contributed by atoms with Crippen molar-refractivity contribution in [2.45, 2.75) is 18.9 Å². The molecule has 0 spiro atoms. The van der Waals surface area contributed by atoms with Crippen LogP contribution in [0.3, 0.4) is 0 Å². The molecule has 31 heavy (non-hydrogen) atoms. The zero-order valence-electron chi connectivity index (χ0n) is 16.7. The molecule has 0 fully saturated rings. The van der Waals surface area contributed by atoms with E-state index in [0.29, 0.717) is 34.4 Å². The molecule has 0 saturated heterocycles. The molecule has 0 aliphatic carbocycles. The standard InChI is InChI=1S/C23H19N3O4S/c1-29-18-11-15(7-8-17(18)30-13-14-5-3-2-4-6-14)16-12-19(27)24-21-20(16)22(28)25-23-26(21)9-10-31-23/h2-11,16H,12-13H2,1H3,(H,24,27)/t16-/m1/s1. The van der Waals surface area contributed by atoms with Crippen molar-refractivity contribution in [2.75, 3.05) is 12.4 Å². The fourth-order valence-corrected chi connectivity index (χ4v) is 4.56. The van der Waals surface area contributed by atoms with Crippen LogP contribution in [0.25, 0.3) is 4.96 Å². The Morgan fingerprint density at radius 2 is 2.00 bits per heavy atom. The van der Waals surface area contributed by atoms with Gasteiger partial charge in [-0.1, -0.05) is 36.4 Å². The molecule has 8 heteroatoms. The van der Waals surface area contributed by atoms with Crippen LogP contribution >= 0.6 is 11.3 Å². The highest BCUT2D eigenvalue weighted by Crippen LogP contribution is 2.39. The van der Waals surface area contributed by atoms with Gasteiger partial charge in [-0.05, 0) is 23.3 Å². The molecule has 3 heterocycles. The molecule has 1 aliphatic rings. The minimum absolute atomic E-state index is 0.147. The number of benzene rings is 2. The van der Waals surface area contributed by atoms with Crippen molar-refractivity contribution in [3.63, 3.8) is 0 Å². The van der Waals surface area contributed by atoms with Crippen molar-refractivity contribution < 1.29 is 14.3 Å². The molecule has 0 unspecified atom stereocenters. The average molecular weight is 433 g/mol. The number of hydrogen-bond donors (Lipinski definition) is 1. The number of anilines is 1. The zero-order valence-corrected chi connectivity index (χ0v) is 17.5.